The first-order chi connectivity index (χ1) is 12.4. The summed E-state index contributed by atoms with van der Waals surface area (Å²) >= 11 is 0. The molecule has 4 rings (SSSR count). The van der Waals surface area contributed by atoms with Crippen LogP contribution in [0.25, 0.3) is 0 Å². The van der Waals surface area contributed by atoms with Crippen LogP contribution in [0.4, 0.5) is 0 Å². The Morgan fingerprint density at radius 2 is 1.65 bits per heavy atom. The third kappa shape index (κ3) is 3.56. The summed E-state index contributed by atoms with van der Waals surface area (Å²) in [5.74, 6) is 0.537. The van der Waals surface area contributed by atoms with Crippen molar-refractivity contribution >= 4 is 9.84 Å². The summed E-state index contributed by atoms with van der Waals surface area (Å²) < 4.78 is 26.6. The van der Waals surface area contributed by atoms with Crippen molar-refractivity contribution < 1.29 is 8.42 Å². The molecule has 2 saturated heterocycles. The quantitative estimate of drug-likeness (QED) is 0.805. The Morgan fingerprint density at radius 1 is 1.04 bits per heavy atom. The van der Waals surface area contributed by atoms with E-state index in [-0.39, 0.29) is 23.6 Å². The van der Waals surface area contributed by atoms with Gasteiger partial charge in [-0.1, -0.05) is 30.3 Å². The molecule has 2 aliphatic heterocycles. The molecule has 1 aromatic heterocycles. The Morgan fingerprint density at radius 3 is 2.23 bits per heavy atom. The van der Waals surface area contributed by atoms with E-state index in [2.05, 4.69) is 27.0 Å². The third-order valence-corrected chi connectivity index (χ3v) is 7.32. The van der Waals surface area contributed by atoms with Crippen molar-refractivity contribution in [1.29, 1.82) is 0 Å². The van der Waals surface area contributed by atoms with Crippen LogP contribution in [-0.4, -0.2) is 64.7 Å². The van der Waals surface area contributed by atoms with E-state index >= 15 is 0 Å². The molecule has 0 aliphatic carbocycles. The van der Waals surface area contributed by atoms with Gasteiger partial charge in [0.2, 0.25) is 0 Å². The van der Waals surface area contributed by atoms with E-state index in [1.54, 1.807) is 0 Å². The first-order valence-corrected chi connectivity index (χ1v) is 10.9. The van der Waals surface area contributed by atoms with Gasteiger partial charge in [-0.3, -0.25) is 14.5 Å². The lowest BCUT2D eigenvalue weighted by atomic mass is 10.0. The number of rotatable bonds is 4. The molecule has 0 spiro atoms. The molecular weight excluding hydrogens is 348 g/mol. The van der Waals surface area contributed by atoms with E-state index < -0.39 is 9.84 Å². The minimum Gasteiger partial charge on any atom is -0.292 e. The SMILES string of the molecule is Cc1nn(C)cc1CN1CCN(Cc2ccccc2)[C@H]2CS(=O)(=O)C[C@H]21. The Labute approximate surface area is 155 Å². The fraction of sp³-hybridized carbons (Fsp3) is 0.526. The molecule has 0 bridgehead atoms. The van der Waals surface area contributed by atoms with Crippen LogP contribution in [0.1, 0.15) is 16.8 Å². The molecule has 140 valence electrons. The molecule has 0 saturated carbocycles. The largest absolute Gasteiger partial charge is 0.292 e. The molecule has 0 radical (unpaired) electrons. The molecular formula is C19H26N4O2S. The molecule has 0 amide bonds. The molecule has 3 heterocycles. The van der Waals surface area contributed by atoms with Crippen molar-refractivity contribution in [2.75, 3.05) is 24.6 Å². The zero-order valence-corrected chi connectivity index (χ0v) is 16.2. The third-order valence-electron chi connectivity index (χ3n) is 5.62. The molecule has 1 aromatic carbocycles. The number of piperazine rings is 1. The molecule has 2 atom stereocenters. The fourth-order valence-electron chi connectivity index (χ4n) is 4.33. The smallest absolute Gasteiger partial charge is 0.153 e. The fourth-order valence-corrected chi connectivity index (χ4v) is 6.37. The highest BCUT2D eigenvalue weighted by molar-refractivity contribution is 7.91. The molecule has 26 heavy (non-hydrogen) atoms. The normalized spacial score (nSPS) is 26.1. The van der Waals surface area contributed by atoms with Crippen LogP contribution < -0.4 is 0 Å². The number of sulfone groups is 1. The second-order valence-electron chi connectivity index (χ2n) is 7.55. The van der Waals surface area contributed by atoms with Gasteiger partial charge in [0.1, 0.15) is 0 Å². The Kier molecular flexibility index (Phi) is 4.62. The summed E-state index contributed by atoms with van der Waals surface area (Å²) in [4.78, 5) is 4.71. The van der Waals surface area contributed by atoms with E-state index in [1.165, 1.54) is 11.1 Å². The number of nitrogens with zero attached hydrogens (tertiary/aromatic N) is 4. The van der Waals surface area contributed by atoms with E-state index in [9.17, 15) is 8.42 Å². The van der Waals surface area contributed by atoms with Crippen molar-refractivity contribution in [3.63, 3.8) is 0 Å². The van der Waals surface area contributed by atoms with E-state index in [0.29, 0.717) is 0 Å². The molecule has 2 aromatic rings. The zero-order valence-electron chi connectivity index (χ0n) is 15.4. The lowest BCUT2D eigenvalue weighted by molar-refractivity contribution is 0.0354. The van der Waals surface area contributed by atoms with Crippen molar-refractivity contribution in [1.82, 2.24) is 19.6 Å². The lowest BCUT2D eigenvalue weighted by Crippen LogP contribution is -2.58. The minimum atomic E-state index is -2.99. The van der Waals surface area contributed by atoms with Crippen molar-refractivity contribution in [3.05, 3.63) is 53.3 Å². The molecule has 0 unspecified atom stereocenters. The molecule has 2 aliphatic rings. The summed E-state index contributed by atoms with van der Waals surface area (Å²) in [6.45, 7) is 5.39. The summed E-state index contributed by atoms with van der Waals surface area (Å²) in [7, 11) is -1.06. The summed E-state index contributed by atoms with van der Waals surface area (Å²) in [6.07, 6.45) is 2.05. The monoisotopic (exact) mass is 374 g/mol. The molecule has 7 heteroatoms. The number of aromatic nitrogens is 2. The minimum absolute atomic E-state index is 0.0667. The van der Waals surface area contributed by atoms with Crippen LogP contribution in [0.5, 0.6) is 0 Å². The van der Waals surface area contributed by atoms with Gasteiger partial charge in [0, 0.05) is 57.1 Å². The highest BCUT2D eigenvalue weighted by atomic mass is 32.2. The predicted octanol–water partition coefficient (Wildman–Crippen LogP) is 1.21. The van der Waals surface area contributed by atoms with Gasteiger partial charge in [-0.25, -0.2) is 8.42 Å². The van der Waals surface area contributed by atoms with Crippen molar-refractivity contribution in [3.8, 4) is 0 Å². The maximum Gasteiger partial charge on any atom is 0.153 e. The van der Waals surface area contributed by atoms with Gasteiger partial charge < -0.3 is 0 Å². The molecule has 2 fully saturated rings. The Bertz CT molecular complexity index is 878. The van der Waals surface area contributed by atoms with Gasteiger partial charge in [0.05, 0.1) is 17.2 Å². The maximum atomic E-state index is 12.4. The van der Waals surface area contributed by atoms with E-state index in [0.717, 1.165) is 31.9 Å². The second kappa shape index (κ2) is 6.79. The maximum absolute atomic E-state index is 12.4. The van der Waals surface area contributed by atoms with Gasteiger partial charge >= 0.3 is 0 Å². The summed E-state index contributed by atoms with van der Waals surface area (Å²) in [6, 6.07) is 10.5. The molecule has 6 nitrogen and oxygen atoms in total. The second-order valence-corrected chi connectivity index (χ2v) is 9.71. The van der Waals surface area contributed by atoms with E-state index in [1.807, 2.05) is 43.0 Å². The van der Waals surface area contributed by atoms with Gasteiger partial charge in [0.15, 0.2) is 9.84 Å². The van der Waals surface area contributed by atoms with Crippen molar-refractivity contribution in [2.45, 2.75) is 32.1 Å². The Balaban J connectivity index is 1.54. The lowest BCUT2D eigenvalue weighted by Gasteiger charge is -2.44. The summed E-state index contributed by atoms with van der Waals surface area (Å²) in [5.41, 5.74) is 3.45. The average Bonchev–Trinajstić information content (AvgIpc) is 3.09. The number of hydrogen-bond acceptors (Lipinski definition) is 5. The molecule has 0 N–H and O–H groups in total. The summed E-state index contributed by atoms with van der Waals surface area (Å²) in [5, 5.41) is 4.42. The van der Waals surface area contributed by atoms with Gasteiger partial charge in [-0.05, 0) is 12.5 Å². The predicted molar refractivity (Wildman–Crippen MR) is 101 cm³/mol. The van der Waals surface area contributed by atoms with Crippen LogP contribution in [0, 0.1) is 6.92 Å². The first-order valence-electron chi connectivity index (χ1n) is 9.13. The van der Waals surface area contributed by atoms with Gasteiger partial charge in [-0.15, -0.1) is 0 Å². The average molecular weight is 375 g/mol. The number of aryl methyl sites for hydroxylation is 2. The number of benzene rings is 1. The van der Waals surface area contributed by atoms with E-state index in [4.69, 9.17) is 0 Å². The highest BCUT2D eigenvalue weighted by Crippen LogP contribution is 2.29. The van der Waals surface area contributed by atoms with Crippen LogP contribution in [-0.2, 0) is 30.0 Å². The van der Waals surface area contributed by atoms with Crippen LogP contribution in [0.2, 0.25) is 0 Å². The highest BCUT2D eigenvalue weighted by Gasteiger charge is 2.46. The van der Waals surface area contributed by atoms with Crippen LogP contribution >= 0.6 is 0 Å². The zero-order chi connectivity index (χ0) is 18.3. The van der Waals surface area contributed by atoms with Gasteiger partial charge in [-0.2, -0.15) is 5.10 Å². The van der Waals surface area contributed by atoms with Gasteiger partial charge in [0.25, 0.3) is 0 Å². The standard InChI is InChI=1S/C19H26N4O2S/c1-15-17(11-21(2)20-15)12-23-9-8-22(10-16-6-4-3-5-7-16)18-13-26(24,25)14-19(18)23/h3-7,11,18-19H,8-10,12-14H2,1-2H3/t18-,19+/m0/s1. The van der Waals surface area contributed by atoms with Crippen molar-refractivity contribution in [2.24, 2.45) is 7.05 Å². The topological polar surface area (TPSA) is 58.4 Å². The van der Waals surface area contributed by atoms with Crippen LogP contribution in [0.3, 0.4) is 0 Å². The first kappa shape index (κ1) is 17.7. The number of hydrogen-bond donors (Lipinski definition) is 0. The number of fused-ring (bicyclic) bond motifs is 1. The Hall–Kier alpha value is -1.70. The van der Waals surface area contributed by atoms with Crippen LogP contribution in [0.15, 0.2) is 36.5 Å².